The van der Waals surface area contributed by atoms with Gasteiger partial charge in [0.1, 0.15) is 11.8 Å². The maximum absolute atomic E-state index is 4.19. The zero-order valence-electron chi connectivity index (χ0n) is 7.90. The van der Waals surface area contributed by atoms with Crippen LogP contribution in [0.15, 0.2) is 17.7 Å². The van der Waals surface area contributed by atoms with Crippen LogP contribution in [0.25, 0.3) is 11.2 Å². The first kappa shape index (κ1) is 9.98. The minimum Gasteiger partial charge on any atom is -0.330 e. The fourth-order valence-corrected chi connectivity index (χ4v) is 1.23. The molecule has 2 aromatic heterocycles. The summed E-state index contributed by atoms with van der Waals surface area (Å²) in [4.78, 5) is 15.1. The molecule has 2 rings (SSSR count). The molecule has 5 heteroatoms. The number of thioether (sulfide) groups is 1. The fraction of sp³-hybridized carbons (Fsp3) is 0.375. The highest BCUT2D eigenvalue weighted by Gasteiger charge is 1.99. The molecule has 2 heterocycles. The average Bonchev–Trinajstić information content (AvgIpc) is 2.63. The van der Waals surface area contributed by atoms with Crippen molar-refractivity contribution in [2.75, 3.05) is 6.26 Å². The summed E-state index contributed by atoms with van der Waals surface area (Å²) in [7, 11) is 0. The Bertz CT molecular complexity index is 338. The molecule has 4 nitrogen and oxygen atoms in total. The first-order valence-electron chi connectivity index (χ1n) is 4.10. The molecule has 0 radical (unpaired) electrons. The molecule has 0 fully saturated rings. The van der Waals surface area contributed by atoms with Crippen LogP contribution in [-0.2, 0) is 0 Å². The minimum absolute atomic E-state index is 0.726. The number of H-pyrrole nitrogens is 1. The van der Waals surface area contributed by atoms with E-state index in [9.17, 15) is 0 Å². The van der Waals surface area contributed by atoms with Crippen LogP contribution < -0.4 is 0 Å². The van der Waals surface area contributed by atoms with Crippen molar-refractivity contribution in [1.82, 2.24) is 19.9 Å². The van der Waals surface area contributed by atoms with Crippen LogP contribution in [-0.4, -0.2) is 26.2 Å². The molecule has 0 atom stereocenters. The third kappa shape index (κ3) is 2.18. The van der Waals surface area contributed by atoms with Crippen molar-refractivity contribution < 1.29 is 0 Å². The van der Waals surface area contributed by atoms with Gasteiger partial charge < -0.3 is 4.98 Å². The molecule has 0 saturated carbocycles. The number of aromatic amines is 1. The molecule has 0 unspecified atom stereocenters. The fourth-order valence-electron chi connectivity index (χ4n) is 0.836. The molecule has 0 bridgehead atoms. The SMILES string of the molecule is CC.CSc1nc2ncncc2[nH]1. The summed E-state index contributed by atoms with van der Waals surface area (Å²) in [5.74, 6) is 0. The van der Waals surface area contributed by atoms with Gasteiger partial charge in [0.25, 0.3) is 0 Å². The average molecular weight is 196 g/mol. The lowest BCUT2D eigenvalue weighted by Gasteiger charge is -1.80. The Hall–Kier alpha value is -1.10. The lowest BCUT2D eigenvalue weighted by Crippen LogP contribution is -1.76. The topological polar surface area (TPSA) is 54.5 Å². The lowest BCUT2D eigenvalue weighted by molar-refractivity contribution is 1.08. The number of nitrogens with one attached hydrogen (secondary N) is 1. The molecule has 0 aliphatic carbocycles. The Morgan fingerprint density at radius 2 is 2.15 bits per heavy atom. The third-order valence-corrected chi connectivity index (χ3v) is 1.91. The van der Waals surface area contributed by atoms with Gasteiger partial charge in [-0.2, -0.15) is 0 Å². The summed E-state index contributed by atoms with van der Waals surface area (Å²) in [6, 6.07) is 0. The van der Waals surface area contributed by atoms with Crippen molar-refractivity contribution in [2.45, 2.75) is 19.0 Å². The Morgan fingerprint density at radius 3 is 2.77 bits per heavy atom. The molecule has 0 amide bonds. The van der Waals surface area contributed by atoms with E-state index in [1.165, 1.54) is 6.33 Å². The summed E-state index contributed by atoms with van der Waals surface area (Å²) < 4.78 is 0. The van der Waals surface area contributed by atoms with Crippen molar-refractivity contribution in [3.63, 3.8) is 0 Å². The summed E-state index contributed by atoms with van der Waals surface area (Å²) >= 11 is 1.56. The van der Waals surface area contributed by atoms with E-state index in [-0.39, 0.29) is 0 Å². The predicted molar refractivity (Wildman–Crippen MR) is 54.8 cm³/mol. The number of imidazole rings is 1. The van der Waals surface area contributed by atoms with Gasteiger partial charge in [-0.25, -0.2) is 15.0 Å². The van der Waals surface area contributed by atoms with E-state index >= 15 is 0 Å². The van der Waals surface area contributed by atoms with Gasteiger partial charge in [0.2, 0.25) is 0 Å². The van der Waals surface area contributed by atoms with Crippen LogP contribution in [0.1, 0.15) is 13.8 Å². The molecule has 1 N–H and O–H groups in total. The second-order valence-corrected chi connectivity index (χ2v) is 2.80. The third-order valence-electron chi connectivity index (χ3n) is 1.33. The van der Waals surface area contributed by atoms with Gasteiger partial charge in [-0.05, 0) is 6.26 Å². The molecule has 13 heavy (non-hydrogen) atoms. The Labute approximate surface area is 81.2 Å². The number of nitrogens with zero attached hydrogens (tertiary/aromatic N) is 3. The summed E-state index contributed by atoms with van der Waals surface area (Å²) in [5.41, 5.74) is 1.61. The molecule has 0 aromatic carbocycles. The maximum atomic E-state index is 4.19. The lowest BCUT2D eigenvalue weighted by atomic mass is 10.6. The maximum Gasteiger partial charge on any atom is 0.181 e. The smallest absolute Gasteiger partial charge is 0.181 e. The van der Waals surface area contributed by atoms with E-state index < -0.39 is 0 Å². The van der Waals surface area contributed by atoms with E-state index in [0.29, 0.717) is 0 Å². The van der Waals surface area contributed by atoms with Crippen LogP contribution in [0.4, 0.5) is 0 Å². The Balaban J connectivity index is 0.000000396. The van der Waals surface area contributed by atoms with E-state index in [4.69, 9.17) is 0 Å². The monoisotopic (exact) mass is 196 g/mol. The van der Waals surface area contributed by atoms with Crippen LogP contribution >= 0.6 is 11.8 Å². The predicted octanol–water partition coefficient (Wildman–Crippen LogP) is 2.10. The van der Waals surface area contributed by atoms with Crippen molar-refractivity contribution in [3.05, 3.63) is 12.5 Å². The number of fused-ring (bicyclic) bond motifs is 1. The summed E-state index contributed by atoms with van der Waals surface area (Å²) in [6.07, 6.45) is 5.17. The van der Waals surface area contributed by atoms with Gasteiger partial charge in [-0.1, -0.05) is 25.6 Å². The number of hydrogen-bond acceptors (Lipinski definition) is 4. The van der Waals surface area contributed by atoms with E-state index in [1.54, 1.807) is 18.0 Å². The van der Waals surface area contributed by atoms with E-state index in [2.05, 4.69) is 19.9 Å². The van der Waals surface area contributed by atoms with Crippen LogP contribution in [0, 0.1) is 0 Å². The molecular weight excluding hydrogens is 184 g/mol. The molecule has 70 valence electrons. The number of aromatic nitrogens is 4. The highest BCUT2D eigenvalue weighted by Crippen LogP contribution is 2.13. The van der Waals surface area contributed by atoms with Crippen molar-refractivity contribution >= 4 is 22.9 Å². The van der Waals surface area contributed by atoms with Crippen molar-refractivity contribution in [3.8, 4) is 0 Å². The van der Waals surface area contributed by atoms with Crippen LogP contribution in [0.3, 0.4) is 0 Å². The van der Waals surface area contributed by atoms with Crippen molar-refractivity contribution in [2.24, 2.45) is 0 Å². The first-order valence-corrected chi connectivity index (χ1v) is 5.32. The molecule has 0 aliphatic heterocycles. The molecule has 0 spiro atoms. The van der Waals surface area contributed by atoms with E-state index in [0.717, 1.165) is 16.3 Å². The molecule has 0 saturated heterocycles. The summed E-state index contributed by atoms with van der Waals surface area (Å²) in [6.45, 7) is 4.00. The van der Waals surface area contributed by atoms with Crippen molar-refractivity contribution in [1.29, 1.82) is 0 Å². The normalized spacial score (nSPS) is 9.46. The minimum atomic E-state index is 0.726. The van der Waals surface area contributed by atoms with Gasteiger partial charge in [0.05, 0.1) is 6.20 Å². The number of rotatable bonds is 1. The Kier molecular flexibility index (Phi) is 3.70. The van der Waals surface area contributed by atoms with Gasteiger partial charge in [-0.3, -0.25) is 0 Å². The van der Waals surface area contributed by atoms with Crippen LogP contribution in [0.5, 0.6) is 0 Å². The van der Waals surface area contributed by atoms with E-state index in [1.807, 2.05) is 20.1 Å². The zero-order valence-corrected chi connectivity index (χ0v) is 8.72. The Morgan fingerprint density at radius 1 is 1.38 bits per heavy atom. The zero-order chi connectivity index (χ0) is 9.68. The van der Waals surface area contributed by atoms with Crippen LogP contribution in [0.2, 0.25) is 0 Å². The highest BCUT2D eigenvalue weighted by molar-refractivity contribution is 7.98. The first-order chi connectivity index (χ1) is 6.40. The van der Waals surface area contributed by atoms with Gasteiger partial charge in [0.15, 0.2) is 10.8 Å². The molecular formula is C8H12N4S. The quantitative estimate of drug-likeness (QED) is 0.710. The van der Waals surface area contributed by atoms with Gasteiger partial charge >= 0.3 is 0 Å². The second-order valence-electron chi connectivity index (χ2n) is 2.01. The standard InChI is InChI=1S/C6H6N4S.C2H6/c1-11-6-9-4-2-7-3-8-5(4)10-6;1-2/h2-3H,1H3,(H,7,8,9,10);1-2H3. The second kappa shape index (κ2) is 4.81. The molecule has 2 aromatic rings. The largest absolute Gasteiger partial charge is 0.330 e. The van der Waals surface area contributed by atoms with Gasteiger partial charge in [0, 0.05) is 0 Å². The molecule has 0 aliphatic rings. The highest BCUT2D eigenvalue weighted by atomic mass is 32.2. The summed E-state index contributed by atoms with van der Waals surface area (Å²) in [5, 5.41) is 0.875. The van der Waals surface area contributed by atoms with Gasteiger partial charge in [-0.15, -0.1) is 0 Å². The number of hydrogen-bond donors (Lipinski definition) is 1.